The summed E-state index contributed by atoms with van der Waals surface area (Å²) in [5, 5.41) is 6.67. The van der Waals surface area contributed by atoms with Crippen LogP contribution in [0.25, 0.3) is 10.1 Å². The van der Waals surface area contributed by atoms with Crippen LogP contribution in [0, 0.1) is 0 Å². The van der Waals surface area contributed by atoms with E-state index in [0.29, 0.717) is 17.6 Å². The molecule has 2 N–H and O–H groups in total. The van der Waals surface area contributed by atoms with Gasteiger partial charge in [-0.2, -0.15) is 0 Å². The van der Waals surface area contributed by atoms with E-state index in [9.17, 15) is 28.8 Å². The fourth-order valence-corrected chi connectivity index (χ4v) is 5.41. The number of rotatable bonds is 7. The quantitative estimate of drug-likeness (QED) is 0.391. The standard InChI is InChI=1S/C26H31N5O7S/c1-26(2,3)38-22(34)14-17(15-32)27-23(35)18-8-6-11-30-21(33)10-12-29(25(37)31(18)30)28-24(36)20-13-16-7-4-5-9-19(16)39-20/h4-5,7,9,13,15,17-18H,6,8,10-12,14H2,1-3H3,(H,27,35)(H,28,36)/t17-,18-/m0/s1. The number of hydrogen-bond acceptors (Lipinski definition) is 8. The Balaban J connectivity index is 1.49. The summed E-state index contributed by atoms with van der Waals surface area (Å²) in [4.78, 5) is 76.9. The molecule has 1 aromatic carbocycles. The number of thiophene rings is 1. The average Bonchev–Trinajstić information content (AvgIpc) is 3.28. The van der Waals surface area contributed by atoms with Gasteiger partial charge in [0.2, 0.25) is 11.8 Å². The van der Waals surface area contributed by atoms with E-state index in [1.54, 1.807) is 26.8 Å². The van der Waals surface area contributed by atoms with Crippen molar-refractivity contribution in [3.63, 3.8) is 0 Å². The smallest absolute Gasteiger partial charge is 0.358 e. The summed E-state index contributed by atoms with van der Waals surface area (Å²) in [6, 6.07) is 6.16. The molecule has 2 aliphatic heterocycles. The zero-order valence-electron chi connectivity index (χ0n) is 22.0. The van der Waals surface area contributed by atoms with E-state index in [1.165, 1.54) is 16.3 Å². The van der Waals surface area contributed by atoms with Crippen molar-refractivity contribution in [3.8, 4) is 0 Å². The van der Waals surface area contributed by atoms with Gasteiger partial charge < -0.3 is 14.8 Å². The van der Waals surface area contributed by atoms with E-state index in [2.05, 4.69) is 10.7 Å². The number of benzene rings is 1. The van der Waals surface area contributed by atoms with Crippen molar-refractivity contribution in [2.75, 3.05) is 13.1 Å². The molecule has 0 radical (unpaired) electrons. The van der Waals surface area contributed by atoms with Crippen molar-refractivity contribution in [1.29, 1.82) is 0 Å². The third kappa shape index (κ3) is 6.53. The number of fused-ring (bicyclic) bond motifs is 2. The van der Waals surface area contributed by atoms with Gasteiger partial charge in [-0.25, -0.2) is 19.8 Å². The van der Waals surface area contributed by atoms with Gasteiger partial charge in [-0.15, -0.1) is 11.3 Å². The lowest BCUT2D eigenvalue weighted by Gasteiger charge is -2.42. The van der Waals surface area contributed by atoms with Crippen LogP contribution in [-0.4, -0.2) is 81.8 Å². The lowest BCUT2D eigenvalue weighted by Crippen LogP contribution is -2.64. The minimum absolute atomic E-state index is 0.0567. The van der Waals surface area contributed by atoms with Crippen LogP contribution in [-0.2, 0) is 23.9 Å². The fraction of sp³-hybridized carbons (Fsp3) is 0.462. The van der Waals surface area contributed by atoms with E-state index in [4.69, 9.17) is 4.74 Å². The molecule has 1 aromatic heterocycles. The fourth-order valence-electron chi connectivity index (χ4n) is 4.46. The highest BCUT2D eigenvalue weighted by Crippen LogP contribution is 2.27. The molecule has 0 saturated carbocycles. The van der Waals surface area contributed by atoms with E-state index >= 15 is 0 Å². The molecule has 2 saturated heterocycles. The minimum Gasteiger partial charge on any atom is -0.460 e. The molecule has 13 heteroatoms. The van der Waals surface area contributed by atoms with Crippen molar-refractivity contribution in [2.45, 2.75) is 64.1 Å². The summed E-state index contributed by atoms with van der Waals surface area (Å²) < 4.78 is 6.14. The van der Waals surface area contributed by atoms with Gasteiger partial charge in [0.25, 0.3) is 5.91 Å². The second-order valence-electron chi connectivity index (χ2n) is 10.3. The van der Waals surface area contributed by atoms with E-state index in [-0.39, 0.29) is 38.3 Å². The number of carbonyl (C=O) groups is 6. The molecule has 2 aliphatic rings. The number of urea groups is 1. The SMILES string of the molecule is CC(C)(C)OC(=O)C[C@@H](C=O)NC(=O)[C@@H]1CCCN2C(=O)CCN(NC(=O)c3cc4ccccc4s3)C(=O)N12. The van der Waals surface area contributed by atoms with Gasteiger partial charge in [-0.3, -0.25) is 24.6 Å². The molecule has 208 valence electrons. The number of aldehydes is 1. The van der Waals surface area contributed by atoms with Crippen LogP contribution in [0.1, 0.15) is 56.1 Å². The maximum Gasteiger partial charge on any atom is 0.358 e. The molecule has 39 heavy (non-hydrogen) atoms. The Hall–Kier alpha value is -4.00. The van der Waals surface area contributed by atoms with E-state index in [0.717, 1.165) is 20.1 Å². The molecule has 0 aliphatic carbocycles. The van der Waals surface area contributed by atoms with Gasteiger partial charge in [0.05, 0.1) is 23.9 Å². The van der Waals surface area contributed by atoms with Crippen molar-refractivity contribution in [3.05, 3.63) is 35.2 Å². The van der Waals surface area contributed by atoms with Gasteiger partial charge in [0.1, 0.15) is 17.9 Å². The normalized spacial score (nSPS) is 18.7. The summed E-state index contributed by atoms with van der Waals surface area (Å²) in [5.74, 6) is -2.25. The van der Waals surface area contributed by atoms with Gasteiger partial charge in [0, 0.05) is 17.7 Å². The number of carbonyl (C=O) groups excluding carboxylic acids is 6. The molecule has 0 unspecified atom stereocenters. The second kappa shape index (κ2) is 11.4. The van der Waals surface area contributed by atoms with Gasteiger partial charge in [0.15, 0.2) is 0 Å². The molecule has 2 fully saturated rings. The molecular formula is C26H31N5O7S. The monoisotopic (exact) mass is 557 g/mol. The number of amides is 5. The molecule has 3 heterocycles. The summed E-state index contributed by atoms with van der Waals surface area (Å²) >= 11 is 1.27. The molecule has 0 spiro atoms. The molecule has 12 nitrogen and oxygen atoms in total. The number of hydrazine groups is 2. The second-order valence-corrected chi connectivity index (χ2v) is 11.4. The topological polar surface area (TPSA) is 145 Å². The van der Waals surface area contributed by atoms with Crippen molar-refractivity contribution < 1.29 is 33.5 Å². The average molecular weight is 558 g/mol. The molecule has 5 amide bonds. The number of nitrogens with one attached hydrogen (secondary N) is 2. The van der Waals surface area contributed by atoms with E-state index < -0.39 is 41.5 Å². The van der Waals surface area contributed by atoms with Gasteiger partial charge in [-0.1, -0.05) is 18.2 Å². The van der Waals surface area contributed by atoms with Crippen LogP contribution in [0.15, 0.2) is 30.3 Å². The number of nitrogens with zero attached hydrogens (tertiary/aromatic N) is 3. The first-order valence-corrected chi connectivity index (χ1v) is 13.5. The first-order chi connectivity index (χ1) is 18.5. The lowest BCUT2D eigenvalue weighted by molar-refractivity contribution is -0.156. The van der Waals surface area contributed by atoms with Crippen LogP contribution < -0.4 is 10.7 Å². The molecule has 2 aromatic rings. The van der Waals surface area contributed by atoms with Crippen molar-refractivity contribution in [2.24, 2.45) is 0 Å². The molecular weight excluding hydrogens is 526 g/mol. The van der Waals surface area contributed by atoms with Crippen LogP contribution in [0.3, 0.4) is 0 Å². The summed E-state index contributed by atoms with van der Waals surface area (Å²) in [6.45, 7) is 5.20. The zero-order valence-corrected chi connectivity index (χ0v) is 22.8. The summed E-state index contributed by atoms with van der Waals surface area (Å²) in [7, 11) is 0. The number of hydrogen-bond donors (Lipinski definition) is 2. The van der Waals surface area contributed by atoms with Crippen LogP contribution in [0.2, 0.25) is 0 Å². The van der Waals surface area contributed by atoms with Gasteiger partial charge in [-0.05, 0) is 51.1 Å². The summed E-state index contributed by atoms with van der Waals surface area (Å²) in [6.07, 6.45) is 0.651. The Morgan fingerprint density at radius 3 is 2.62 bits per heavy atom. The number of ether oxygens (including phenoxy) is 1. The lowest BCUT2D eigenvalue weighted by atomic mass is 10.1. The Morgan fingerprint density at radius 2 is 1.92 bits per heavy atom. The van der Waals surface area contributed by atoms with Crippen LogP contribution in [0.5, 0.6) is 0 Å². The van der Waals surface area contributed by atoms with Crippen molar-refractivity contribution in [1.82, 2.24) is 25.8 Å². The Labute approximate surface area is 229 Å². The van der Waals surface area contributed by atoms with Crippen LogP contribution >= 0.6 is 11.3 Å². The predicted molar refractivity (Wildman–Crippen MR) is 141 cm³/mol. The minimum atomic E-state index is -1.18. The maximum absolute atomic E-state index is 13.6. The predicted octanol–water partition coefficient (Wildman–Crippen LogP) is 2.00. The van der Waals surface area contributed by atoms with Crippen LogP contribution in [0.4, 0.5) is 4.79 Å². The third-order valence-corrected chi connectivity index (χ3v) is 7.27. The number of esters is 1. The Bertz CT molecular complexity index is 1270. The maximum atomic E-state index is 13.6. The first-order valence-electron chi connectivity index (χ1n) is 12.6. The zero-order chi connectivity index (χ0) is 28.3. The molecule has 0 bridgehead atoms. The first kappa shape index (κ1) is 28.0. The van der Waals surface area contributed by atoms with E-state index in [1.807, 2.05) is 24.3 Å². The van der Waals surface area contributed by atoms with Gasteiger partial charge >= 0.3 is 12.0 Å². The summed E-state index contributed by atoms with van der Waals surface area (Å²) in [5.41, 5.74) is 1.82. The Kier molecular flexibility index (Phi) is 8.19. The third-order valence-electron chi connectivity index (χ3n) is 6.15. The molecule has 4 rings (SSSR count). The highest BCUT2D eigenvalue weighted by atomic mass is 32.1. The highest BCUT2D eigenvalue weighted by Gasteiger charge is 2.44. The largest absolute Gasteiger partial charge is 0.460 e. The molecule has 2 atom stereocenters. The highest BCUT2D eigenvalue weighted by molar-refractivity contribution is 7.20. The Morgan fingerprint density at radius 1 is 1.18 bits per heavy atom. The van der Waals surface area contributed by atoms with Crippen molar-refractivity contribution >= 4 is 57.4 Å².